The fourth-order valence-electron chi connectivity index (χ4n) is 4.17. The van der Waals surface area contributed by atoms with Crippen molar-refractivity contribution in [3.05, 3.63) is 59.7 Å². The van der Waals surface area contributed by atoms with Crippen LogP contribution in [0, 0.1) is 11.8 Å². The Kier molecular flexibility index (Phi) is 11.0. The first-order valence-corrected chi connectivity index (χ1v) is 13.2. The van der Waals surface area contributed by atoms with Crippen molar-refractivity contribution in [1.29, 1.82) is 0 Å². The number of nitrogens with zero attached hydrogens (tertiary/aromatic N) is 2. The molecule has 1 aliphatic rings. The van der Waals surface area contributed by atoms with Crippen LogP contribution in [0.2, 0.25) is 0 Å². The molecule has 0 spiro atoms. The summed E-state index contributed by atoms with van der Waals surface area (Å²) in [5.74, 6) is 0.313. The van der Waals surface area contributed by atoms with E-state index < -0.39 is 24.2 Å². The van der Waals surface area contributed by atoms with Crippen LogP contribution >= 0.6 is 0 Å². The third kappa shape index (κ3) is 9.37. The third-order valence-corrected chi connectivity index (χ3v) is 6.86. The number of urea groups is 2. The van der Waals surface area contributed by atoms with Gasteiger partial charge < -0.3 is 31.6 Å². The minimum atomic E-state index is -0.719. The van der Waals surface area contributed by atoms with E-state index in [4.69, 9.17) is 20.9 Å². The number of carbonyl (C=O) groups excluding carboxylic acids is 4. The Balaban J connectivity index is 1.29. The first-order valence-electron chi connectivity index (χ1n) is 13.2. The first kappa shape index (κ1) is 30.1. The maximum atomic E-state index is 12.3. The number of carbonyl (C=O) groups is 4. The standard InChI is InChI=1S/C28H38N6O6/c1-33(25(35)31-15-19-7-11-23(29)12-8-19)27(37)39-17-21-3-5-22(6-4-21)18-40-28(38)34(2)26(36)32-16-20-9-13-24(30)14-10-20/h7-14,21-22H,3-6,15-18,29-30H2,1-2H3,(H,31,35)(H,32,36). The quantitative estimate of drug-likeness (QED) is 0.356. The van der Waals surface area contributed by atoms with Gasteiger partial charge in [0.15, 0.2) is 0 Å². The number of nitrogen functional groups attached to an aromatic ring is 2. The minimum Gasteiger partial charge on any atom is -0.449 e. The van der Waals surface area contributed by atoms with E-state index in [2.05, 4.69) is 10.6 Å². The number of nitrogens with two attached hydrogens (primary N) is 2. The van der Waals surface area contributed by atoms with Gasteiger partial charge in [-0.3, -0.25) is 0 Å². The molecular formula is C28H38N6O6. The summed E-state index contributed by atoms with van der Waals surface area (Å²) in [4.78, 5) is 51.0. The minimum absolute atomic E-state index is 0.156. The van der Waals surface area contributed by atoms with Crippen molar-refractivity contribution in [2.75, 3.05) is 38.8 Å². The Hall–Kier alpha value is -4.48. The highest BCUT2D eigenvalue weighted by molar-refractivity contribution is 5.91. The van der Waals surface area contributed by atoms with E-state index in [0.717, 1.165) is 46.6 Å². The lowest BCUT2D eigenvalue weighted by Crippen LogP contribution is -2.42. The molecule has 0 aliphatic heterocycles. The Morgan fingerprint density at radius 3 is 1.32 bits per heavy atom. The molecule has 40 heavy (non-hydrogen) atoms. The highest BCUT2D eigenvalue weighted by Gasteiger charge is 2.26. The number of benzene rings is 2. The molecule has 2 aromatic rings. The molecule has 1 fully saturated rings. The molecule has 1 saturated carbocycles. The SMILES string of the molecule is CN(C(=O)NCc1ccc(N)cc1)C(=O)OCC1CCC(COC(=O)N(C)C(=O)NCc2ccc(N)cc2)CC1. The fraction of sp³-hybridized carbons (Fsp3) is 0.429. The molecule has 0 heterocycles. The summed E-state index contributed by atoms with van der Waals surface area (Å²) in [6.45, 7) is 0.931. The van der Waals surface area contributed by atoms with Crippen LogP contribution in [0.15, 0.2) is 48.5 Å². The lowest BCUT2D eigenvalue weighted by Gasteiger charge is -2.28. The van der Waals surface area contributed by atoms with E-state index in [1.165, 1.54) is 14.1 Å². The number of rotatable bonds is 8. The van der Waals surface area contributed by atoms with Gasteiger partial charge in [-0.15, -0.1) is 0 Å². The topological polar surface area (TPSA) is 169 Å². The van der Waals surface area contributed by atoms with Gasteiger partial charge in [0.25, 0.3) is 0 Å². The molecule has 216 valence electrons. The van der Waals surface area contributed by atoms with Crippen LogP contribution in [0.25, 0.3) is 0 Å². The van der Waals surface area contributed by atoms with Crippen LogP contribution in [0.5, 0.6) is 0 Å². The summed E-state index contributed by atoms with van der Waals surface area (Å²) >= 11 is 0. The predicted octanol–water partition coefficient (Wildman–Crippen LogP) is 3.91. The highest BCUT2D eigenvalue weighted by atomic mass is 16.6. The van der Waals surface area contributed by atoms with E-state index in [-0.39, 0.29) is 38.1 Å². The Labute approximate surface area is 233 Å². The molecule has 0 saturated heterocycles. The molecule has 1 aliphatic carbocycles. The van der Waals surface area contributed by atoms with Gasteiger partial charge in [-0.25, -0.2) is 29.0 Å². The number of hydrogen-bond donors (Lipinski definition) is 4. The molecule has 0 unspecified atom stereocenters. The van der Waals surface area contributed by atoms with E-state index >= 15 is 0 Å². The van der Waals surface area contributed by atoms with Gasteiger partial charge in [0, 0.05) is 38.6 Å². The zero-order chi connectivity index (χ0) is 29.1. The van der Waals surface area contributed by atoms with E-state index in [9.17, 15) is 19.2 Å². The number of nitrogens with one attached hydrogen (secondary N) is 2. The smallest absolute Gasteiger partial charge is 0.417 e. The van der Waals surface area contributed by atoms with Gasteiger partial charge in [0.2, 0.25) is 0 Å². The molecule has 0 aromatic heterocycles. The lowest BCUT2D eigenvalue weighted by atomic mass is 9.83. The van der Waals surface area contributed by atoms with Gasteiger partial charge in [-0.1, -0.05) is 24.3 Å². The van der Waals surface area contributed by atoms with Crippen LogP contribution in [0.3, 0.4) is 0 Å². The number of hydrogen-bond acceptors (Lipinski definition) is 8. The van der Waals surface area contributed by atoms with Crippen LogP contribution < -0.4 is 22.1 Å². The molecule has 2 aromatic carbocycles. The van der Waals surface area contributed by atoms with Crippen molar-refractivity contribution in [3.8, 4) is 0 Å². The summed E-state index contributed by atoms with van der Waals surface area (Å²) in [6.07, 6.45) is 1.73. The molecule has 3 rings (SSSR count). The molecule has 0 bridgehead atoms. The van der Waals surface area contributed by atoms with Gasteiger partial charge in [-0.2, -0.15) is 0 Å². The predicted molar refractivity (Wildman–Crippen MR) is 150 cm³/mol. The summed E-state index contributed by atoms with van der Waals surface area (Å²) < 4.78 is 10.7. The molecule has 0 atom stereocenters. The largest absolute Gasteiger partial charge is 0.449 e. The lowest BCUT2D eigenvalue weighted by molar-refractivity contribution is 0.0684. The zero-order valence-corrected chi connectivity index (χ0v) is 22.9. The number of anilines is 2. The van der Waals surface area contributed by atoms with Gasteiger partial charge in [-0.05, 0) is 72.9 Å². The first-order chi connectivity index (χ1) is 19.1. The summed E-state index contributed by atoms with van der Waals surface area (Å²) in [5, 5.41) is 5.34. The van der Waals surface area contributed by atoms with Crippen molar-refractivity contribution in [2.24, 2.45) is 11.8 Å². The summed E-state index contributed by atoms with van der Waals surface area (Å²) in [5.41, 5.74) is 14.3. The van der Waals surface area contributed by atoms with Crippen LogP contribution in [-0.4, -0.2) is 61.4 Å². The Morgan fingerprint density at radius 2 is 1.00 bits per heavy atom. The Morgan fingerprint density at radius 1 is 0.675 bits per heavy atom. The van der Waals surface area contributed by atoms with Crippen LogP contribution in [0.4, 0.5) is 30.6 Å². The molecule has 6 N–H and O–H groups in total. The summed E-state index contributed by atoms with van der Waals surface area (Å²) in [7, 11) is 2.72. The Bertz CT molecular complexity index is 1060. The molecule has 6 amide bonds. The second-order valence-electron chi connectivity index (χ2n) is 9.96. The van der Waals surface area contributed by atoms with Crippen LogP contribution in [-0.2, 0) is 22.6 Å². The van der Waals surface area contributed by atoms with Crippen molar-refractivity contribution in [2.45, 2.75) is 38.8 Å². The van der Waals surface area contributed by atoms with Crippen molar-refractivity contribution >= 4 is 35.6 Å². The van der Waals surface area contributed by atoms with Gasteiger partial charge in [0.1, 0.15) is 0 Å². The molecular weight excluding hydrogens is 516 g/mol. The second kappa shape index (κ2) is 14.6. The van der Waals surface area contributed by atoms with Gasteiger partial charge >= 0.3 is 24.2 Å². The van der Waals surface area contributed by atoms with E-state index in [1.807, 2.05) is 0 Å². The number of ether oxygens (including phenoxy) is 2. The average Bonchev–Trinajstić information content (AvgIpc) is 2.97. The van der Waals surface area contributed by atoms with Crippen LogP contribution in [0.1, 0.15) is 36.8 Å². The molecule has 12 heteroatoms. The molecule has 12 nitrogen and oxygen atoms in total. The number of amides is 6. The van der Waals surface area contributed by atoms with Crippen molar-refractivity contribution in [3.63, 3.8) is 0 Å². The third-order valence-electron chi connectivity index (χ3n) is 6.86. The molecule has 0 radical (unpaired) electrons. The van der Waals surface area contributed by atoms with Gasteiger partial charge in [0.05, 0.1) is 13.2 Å². The van der Waals surface area contributed by atoms with E-state index in [1.54, 1.807) is 48.5 Å². The average molecular weight is 555 g/mol. The summed E-state index contributed by atoms with van der Waals surface area (Å²) in [6, 6.07) is 13.0. The monoisotopic (exact) mass is 554 g/mol. The number of imide groups is 2. The fourth-order valence-corrected chi connectivity index (χ4v) is 4.17. The van der Waals surface area contributed by atoms with E-state index in [0.29, 0.717) is 11.4 Å². The zero-order valence-electron chi connectivity index (χ0n) is 22.9. The van der Waals surface area contributed by atoms with Crippen molar-refractivity contribution < 1.29 is 28.7 Å². The maximum Gasteiger partial charge on any atom is 0.417 e. The maximum absolute atomic E-state index is 12.3. The second-order valence-corrected chi connectivity index (χ2v) is 9.96. The normalized spacial score (nSPS) is 16.4. The van der Waals surface area contributed by atoms with Crippen molar-refractivity contribution in [1.82, 2.24) is 20.4 Å². The highest BCUT2D eigenvalue weighted by Crippen LogP contribution is 2.29.